The van der Waals surface area contributed by atoms with Crippen LogP contribution in [0.15, 0.2) is 29.3 Å². The Kier molecular flexibility index (Phi) is 11.4. The lowest BCUT2D eigenvalue weighted by Gasteiger charge is -2.12. The largest absolute Gasteiger partial charge is 0.356 e. The molecule has 0 aliphatic carbocycles. The second kappa shape index (κ2) is 12.1. The Morgan fingerprint density at radius 1 is 1.17 bits per heavy atom. The zero-order chi connectivity index (χ0) is 16.4. The predicted molar refractivity (Wildman–Crippen MR) is 103 cm³/mol. The summed E-state index contributed by atoms with van der Waals surface area (Å²) in [5, 5.41) is 9.08. The zero-order valence-electron chi connectivity index (χ0n) is 13.9. The van der Waals surface area contributed by atoms with Gasteiger partial charge in [0, 0.05) is 32.6 Å². The van der Waals surface area contributed by atoms with E-state index >= 15 is 0 Å². The van der Waals surface area contributed by atoms with Gasteiger partial charge in [0.2, 0.25) is 5.91 Å². The topological polar surface area (TPSA) is 65.5 Å². The average molecular weight is 436 g/mol. The molecule has 23 heavy (non-hydrogen) atoms. The molecule has 0 aliphatic heterocycles. The molecule has 0 saturated heterocycles. The third-order valence-electron chi connectivity index (χ3n) is 2.94. The Bertz CT molecular complexity index is 491. The molecule has 0 saturated carbocycles. The van der Waals surface area contributed by atoms with Gasteiger partial charge >= 0.3 is 0 Å². The van der Waals surface area contributed by atoms with Gasteiger partial charge in [-0.3, -0.25) is 9.79 Å². The molecule has 1 aromatic carbocycles. The van der Waals surface area contributed by atoms with Crippen molar-refractivity contribution in [1.82, 2.24) is 16.0 Å². The average Bonchev–Trinajstić information content (AvgIpc) is 2.47. The van der Waals surface area contributed by atoms with Crippen molar-refractivity contribution < 1.29 is 9.18 Å². The summed E-state index contributed by atoms with van der Waals surface area (Å²) in [6.45, 7) is 5.07. The van der Waals surface area contributed by atoms with Gasteiger partial charge in [-0.15, -0.1) is 24.0 Å². The fourth-order valence-corrected chi connectivity index (χ4v) is 1.89. The van der Waals surface area contributed by atoms with Gasteiger partial charge in [-0.1, -0.05) is 12.1 Å². The lowest BCUT2D eigenvalue weighted by molar-refractivity contribution is -0.121. The van der Waals surface area contributed by atoms with Crippen LogP contribution in [0.3, 0.4) is 0 Å². The molecule has 130 valence electrons. The summed E-state index contributed by atoms with van der Waals surface area (Å²) in [6, 6.07) is 6.60. The number of hydrogen-bond donors (Lipinski definition) is 3. The molecule has 1 amide bonds. The number of nitrogens with zero attached hydrogens (tertiary/aromatic N) is 1. The highest BCUT2D eigenvalue weighted by atomic mass is 127. The van der Waals surface area contributed by atoms with E-state index in [1.54, 1.807) is 19.2 Å². The molecule has 0 aromatic heterocycles. The monoisotopic (exact) mass is 436 g/mol. The third kappa shape index (κ3) is 10.1. The Hall–Kier alpha value is -1.38. The van der Waals surface area contributed by atoms with Crippen molar-refractivity contribution in [2.45, 2.75) is 32.7 Å². The number of carbonyl (C=O) groups excluding carboxylic acids is 1. The third-order valence-corrected chi connectivity index (χ3v) is 2.94. The molecule has 0 spiro atoms. The molecule has 0 radical (unpaired) electrons. The highest BCUT2D eigenvalue weighted by Gasteiger charge is 2.04. The smallest absolute Gasteiger partial charge is 0.221 e. The van der Waals surface area contributed by atoms with Crippen LogP contribution in [0.5, 0.6) is 0 Å². The van der Waals surface area contributed by atoms with Crippen LogP contribution >= 0.6 is 24.0 Å². The molecule has 7 heteroatoms. The fourth-order valence-electron chi connectivity index (χ4n) is 1.89. The van der Waals surface area contributed by atoms with Crippen LogP contribution in [0.25, 0.3) is 0 Å². The molecule has 1 rings (SSSR count). The lowest BCUT2D eigenvalue weighted by Crippen LogP contribution is -2.40. The number of hydrogen-bond acceptors (Lipinski definition) is 2. The maximum absolute atomic E-state index is 12.8. The molecular weight excluding hydrogens is 410 g/mol. The Morgan fingerprint density at radius 3 is 2.35 bits per heavy atom. The summed E-state index contributed by atoms with van der Waals surface area (Å²) >= 11 is 0. The van der Waals surface area contributed by atoms with Crippen molar-refractivity contribution in [3.8, 4) is 0 Å². The molecule has 3 N–H and O–H groups in total. The van der Waals surface area contributed by atoms with Gasteiger partial charge < -0.3 is 16.0 Å². The van der Waals surface area contributed by atoms with Crippen LogP contribution in [0.1, 0.15) is 25.8 Å². The first-order valence-electron chi connectivity index (χ1n) is 7.49. The molecule has 1 aromatic rings. The fraction of sp³-hybridized carbons (Fsp3) is 0.500. The van der Waals surface area contributed by atoms with E-state index in [4.69, 9.17) is 0 Å². The SMILES string of the molecule is CN=C(NCCC(=O)NC(C)C)NCCc1ccc(F)cc1.I. The number of halogens is 2. The van der Waals surface area contributed by atoms with Crippen LogP contribution in [0.2, 0.25) is 0 Å². The van der Waals surface area contributed by atoms with Gasteiger partial charge in [0.15, 0.2) is 5.96 Å². The maximum Gasteiger partial charge on any atom is 0.221 e. The second-order valence-corrected chi connectivity index (χ2v) is 5.27. The molecule has 0 heterocycles. The molecule has 0 aliphatic rings. The quantitative estimate of drug-likeness (QED) is 0.349. The second-order valence-electron chi connectivity index (χ2n) is 5.27. The van der Waals surface area contributed by atoms with E-state index in [1.807, 2.05) is 13.8 Å². The minimum Gasteiger partial charge on any atom is -0.356 e. The minimum atomic E-state index is -0.228. The van der Waals surface area contributed by atoms with Gasteiger partial charge in [-0.2, -0.15) is 0 Å². The number of benzene rings is 1. The van der Waals surface area contributed by atoms with Crippen molar-refractivity contribution in [3.05, 3.63) is 35.6 Å². The first-order valence-corrected chi connectivity index (χ1v) is 7.49. The van der Waals surface area contributed by atoms with Gasteiger partial charge in [0.05, 0.1) is 0 Å². The Morgan fingerprint density at radius 2 is 1.78 bits per heavy atom. The van der Waals surface area contributed by atoms with Crippen LogP contribution in [0.4, 0.5) is 4.39 Å². The Labute approximate surface area is 154 Å². The van der Waals surface area contributed by atoms with E-state index in [9.17, 15) is 9.18 Å². The van der Waals surface area contributed by atoms with E-state index < -0.39 is 0 Å². The number of aliphatic imine (C=N–C) groups is 1. The zero-order valence-corrected chi connectivity index (χ0v) is 16.2. The van der Waals surface area contributed by atoms with Gasteiger partial charge in [-0.05, 0) is 38.0 Å². The van der Waals surface area contributed by atoms with Crippen molar-refractivity contribution in [1.29, 1.82) is 0 Å². The van der Waals surface area contributed by atoms with Gasteiger partial charge in [-0.25, -0.2) is 4.39 Å². The molecule has 0 fully saturated rings. The number of rotatable bonds is 7. The van der Waals surface area contributed by atoms with Crippen molar-refractivity contribution in [2.75, 3.05) is 20.1 Å². The van der Waals surface area contributed by atoms with Crippen molar-refractivity contribution >= 4 is 35.8 Å². The van der Waals surface area contributed by atoms with Gasteiger partial charge in [0.25, 0.3) is 0 Å². The standard InChI is InChI=1S/C16H25FN4O.HI/c1-12(2)21-15(22)9-11-20-16(18-3)19-10-8-13-4-6-14(17)7-5-13;/h4-7,12H,8-11H2,1-3H3,(H,21,22)(H2,18,19,20);1H. The first kappa shape index (κ1) is 21.6. The summed E-state index contributed by atoms with van der Waals surface area (Å²) in [5.74, 6) is 0.442. The first-order chi connectivity index (χ1) is 10.5. The van der Waals surface area contributed by atoms with E-state index in [0.717, 1.165) is 12.0 Å². The lowest BCUT2D eigenvalue weighted by atomic mass is 10.1. The summed E-state index contributed by atoms with van der Waals surface area (Å²) in [7, 11) is 1.68. The molecule has 0 atom stereocenters. The maximum atomic E-state index is 12.8. The summed E-state index contributed by atoms with van der Waals surface area (Å²) in [5.41, 5.74) is 1.06. The van der Waals surface area contributed by atoms with E-state index in [0.29, 0.717) is 25.5 Å². The highest BCUT2D eigenvalue weighted by molar-refractivity contribution is 14.0. The number of amides is 1. The summed E-state index contributed by atoms with van der Waals surface area (Å²) in [6.07, 6.45) is 1.17. The van der Waals surface area contributed by atoms with Crippen molar-refractivity contribution in [2.24, 2.45) is 4.99 Å². The predicted octanol–water partition coefficient (Wildman–Crippen LogP) is 2.07. The molecule has 0 bridgehead atoms. The molecule has 5 nitrogen and oxygen atoms in total. The van der Waals surface area contributed by atoms with Crippen molar-refractivity contribution in [3.63, 3.8) is 0 Å². The molecular formula is C16H26FIN4O. The Balaban J connectivity index is 0.00000484. The van der Waals surface area contributed by atoms with Crippen LogP contribution in [0, 0.1) is 5.82 Å². The number of guanidine groups is 1. The van der Waals surface area contributed by atoms with E-state index in [2.05, 4.69) is 20.9 Å². The number of nitrogens with one attached hydrogen (secondary N) is 3. The van der Waals surface area contributed by atoms with Crippen LogP contribution in [-0.4, -0.2) is 38.0 Å². The molecule has 0 unspecified atom stereocenters. The van der Waals surface area contributed by atoms with Gasteiger partial charge in [0.1, 0.15) is 5.82 Å². The van der Waals surface area contributed by atoms with E-state index in [1.165, 1.54) is 12.1 Å². The summed E-state index contributed by atoms with van der Waals surface area (Å²) < 4.78 is 12.8. The minimum absolute atomic E-state index is 0. The van der Waals surface area contributed by atoms with E-state index in [-0.39, 0.29) is 41.7 Å². The summed E-state index contributed by atoms with van der Waals surface area (Å²) in [4.78, 5) is 15.6. The van der Waals surface area contributed by atoms with Crippen LogP contribution < -0.4 is 16.0 Å². The highest BCUT2D eigenvalue weighted by Crippen LogP contribution is 2.02. The number of carbonyl (C=O) groups is 1. The van der Waals surface area contributed by atoms with Crippen LogP contribution in [-0.2, 0) is 11.2 Å². The normalized spacial score (nSPS) is 10.9.